The monoisotopic (exact) mass is 272 g/mol. The fraction of sp³-hybridized carbons (Fsp3) is 0.500. The van der Waals surface area contributed by atoms with Crippen LogP contribution in [0.1, 0.15) is 31.7 Å². The number of nitrogens with two attached hydrogens (primary N) is 1. The minimum Gasteiger partial charge on any atom is -0.326 e. The first-order chi connectivity index (χ1) is 8.67. The SMILES string of the molecule is CC(C)(N)CCc1nnc2ccc(C(F)(F)F)cn12. The van der Waals surface area contributed by atoms with Gasteiger partial charge in [0.25, 0.3) is 0 Å². The van der Waals surface area contributed by atoms with E-state index < -0.39 is 17.3 Å². The Morgan fingerprint density at radius 3 is 2.47 bits per heavy atom. The van der Waals surface area contributed by atoms with E-state index in [-0.39, 0.29) is 0 Å². The molecule has 0 saturated heterocycles. The molecule has 0 bridgehead atoms. The lowest BCUT2D eigenvalue weighted by Gasteiger charge is -2.17. The Bertz CT molecular complexity index is 581. The van der Waals surface area contributed by atoms with E-state index in [4.69, 9.17) is 5.73 Å². The Kier molecular flexibility index (Phi) is 3.25. The molecule has 0 fully saturated rings. The molecular formula is C12H15F3N4. The summed E-state index contributed by atoms with van der Waals surface area (Å²) in [4.78, 5) is 0. The van der Waals surface area contributed by atoms with Gasteiger partial charge in [0.05, 0.1) is 5.56 Å². The number of aryl methyl sites for hydroxylation is 1. The van der Waals surface area contributed by atoms with Crippen molar-refractivity contribution < 1.29 is 13.2 Å². The Morgan fingerprint density at radius 1 is 1.21 bits per heavy atom. The van der Waals surface area contributed by atoms with Gasteiger partial charge in [-0.1, -0.05) is 0 Å². The Labute approximate surface area is 108 Å². The van der Waals surface area contributed by atoms with Crippen LogP contribution in [-0.2, 0) is 12.6 Å². The Morgan fingerprint density at radius 2 is 1.89 bits per heavy atom. The third kappa shape index (κ3) is 3.23. The van der Waals surface area contributed by atoms with E-state index >= 15 is 0 Å². The van der Waals surface area contributed by atoms with Crippen LogP contribution in [0.4, 0.5) is 13.2 Å². The standard InChI is InChI=1S/C12H15F3N4/c1-11(2,16)6-5-10-18-17-9-4-3-8(7-19(9)10)12(13,14)15/h3-4,7H,5-6,16H2,1-2H3. The van der Waals surface area contributed by atoms with Gasteiger partial charge in [-0.3, -0.25) is 4.40 Å². The molecule has 0 aliphatic carbocycles. The molecule has 0 amide bonds. The highest BCUT2D eigenvalue weighted by molar-refractivity contribution is 5.40. The summed E-state index contributed by atoms with van der Waals surface area (Å²) in [7, 11) is 0. The summed E-state index contributed by atoms with van der Waals surface area (Å²) in [5, 5.41) is 7.76. The molecule has 0 saturated carbocycles. The van der Waals surface area contributed by atoms with Crippen molar-refractivity contribution in [1.29, 1.82) is 0 Å². The highest BCUT2D eigenvalue weighted by atomic mass is 19.4. The van der Waals surface area contributed by atoms with Crippen molar-refractivity contribution in [2.45, 2.75) is 38.4 Å². The van der Waals surface area contributed by atoms with Crippen molar-refractivity contribution in [1.82, 2.24) is 14.6 Å². The number of halogens is 3. The quantitative estimate of drug-likeness (QED) is 0.933. The highest BCUT2D eigenvalue weighted by Gasteiger charge is 2.31. The fourth-order valence-electron chi connectivity index (χ4n) is 1.71. The third-order valence-corrected chi connectivity index (χ3v) is 2.79. The predicted molar refractivity (Wildman–Crippen MR) is 64.6 cm³/mol. The van der Waals surface area contributed by atoms with Crippen molar-refractivity contribution >= 4 is 5.65 Å². The molecule has 19 heavy (non-hydrogen) atoms. The predicted octanol–water partition coefficient (Wildman–Crippen LogP) is 2.42. The van der Waals surface area contributed by atoms with Gasteiger partial charge in [-0.15, -0.1) is 10.2 Å². The lowest BCUT2D eigenvalue weighted by atomic mass is 10.00. The fourth-order valence-corrected chi connectivity index (χ4v) is 1.71. The normalized spacial score (nSPS) is 13.2. The molecule has 104 valence electrons. The van der Waals surface area contributed by atoms with Crippen LogP contribution in [0.3, 0.4) is 0 Å². The Hall–Kier alpha value is -1.63. The van der Waals surface area contributed by atoms with E-state index in [0.717, 1.165) is 12.3 Å². The second kappa shape index (κ2) is 4.48. The molecule has 7 heteroatoms. The first-order valence-corrected chi connectivity index (χ1v) is 5.86. The van der Waals surface area contributed by atoms with Gasteiger partial charge in [-0.2, -0.15) is 13.2 Å². The number of rotatable bonds is 3. The molecule has 0 aliphatic heterocycles. The maximum absolute atomic E-state index is 12.7. The molecule has 0 spiro atoms. The van der Waals surface area contributed by atoms with Gasteiger partial charge in [-0.05, 0) is 32.4 Å². The summed E-state index contributed by atoms with van der Waals surface area (Å²) in [6.07, 6.45) is -2.26. The van der Waals surface area contributed by atoms with Crippen molar-refractivity contribution in [2.75, 3.05) is 0 Å². The van der Waals surface area contributed by atoms with Crippen molar-refractivity contribution in [3.8, 4) is 0 Å². The van der Waals surface area contributed by atoms with E-state index in [1.165, 1.54) is 10.5 Å². The van der Waals surface area contributed by atoms with Gasteiger partial charge >= 0.3 is 6.18 Å². The minimum atomic E-state index is -4.37. The van der Waals surface area contributed by atoms with E-state index in [1.807, 2.05) is 13.8 Å². The first kappa shape index (κ1) is 13.8. The average molecular weight is 272 g/mol. The molecule has 2 aromatic rings. The summed E-state index contributed by atoms with van der Waals surface area (Å²) in [5.74, 6) is 0.486. The molecule has 2 N–H and O–H groups in total. The average Bonchev–Trinajstić information content (AvgIpc) is 2.66. The molecule has 2 aromatic heterocycles. The van der Waals surface area contributed by atoms with E-state index in [0.29, 0.717) is 24.3 Å². The molecule has 2 rings (SSSR count). The molecule has 0 atom stereocenters. The highest BCUT2D eigenvalue weighted by Crippen LogP contribution is 2.29. The van der Waals surface area contributed by atoms with Crippen LogP contribution in [0.5, 0.6) is 0 Å². The molecule has 0 aromatic carbocycles. The van der Waals surface area contributed by atoms with E-state index in [2.05, 4.69) is 10.2 Å². The molecule has 0 unspecified atom stereocenters. The van der Waals surface area contributed by atoms with E-state index in [9.17, 15) is 13.2 Å². The first-order valence-electron chi connectivity index (χ1n) is 5.86. The van der Waals surface area contributed by atoms with Gasteiger partial charge in [0.15, 0.2) is 5.65 Å². The zero-order valence-electron chi connectivity index (χ0n) is 10.7. The maximum Gasteiger partial charge on any atom is 0.417 e. The largest absolute Gasteiger partial charge is 0.417 e. The molecule has 0 radical (unpaired) electrons. The zero-order valence-corrected chi connectivity index (χ0v) is 10.7. The minimum absolute atomic E-state index is 0.395. The third-order valence-electron chi connectivity index (χ3n) is 2.79. The number of aromatic nitrogens is 3. The van der Waals surface area contributed by atoms with Gasteiger partial charge in [0, 0.05) is 18.2 Å². The van der Waals surface area contributed by atoms with Crippen molar-refractivity contribution in [2.24, 2.45) is 5.73 Å². The van der Waals surface area contributed by atoms with Crippen LogP contribution in [0.25, 0.3) is 5.65 Å². The van der Waals surface area contributed by atoms with Crippen LogP contribution < -0.4 is 5.73 Å². The van der Waals surface area contributed by atoms with Gasteiger partial charge in [0.1, 0.15) is 5.82 Å². The molecular weight excluding hydrogens is 257 g/mol. The maximum atomic E-state index is 12.7. The van der Waals surface area contributed by atoms with Gasteiger partial charge in [-0.25, -0.2) is 0 Å². The van der Waals surface area contributed by atoms with Gasteiger partial charge < -0.3 is 5.73 Å². The second-order valence-corrected chi connectivity index (χ2v) is 5.25. The lowest BCUT2D eigenvalue weighted by Crippen LogP contribution is -2.32. The summed E-state index contributed by atoms with van der Waals surface area (Å²) in [6, 6.07) is 2.31. The topological polar surface area (TPSA) is 56.2 Å². The number of nitrogens with zero attached hydrogens (tertiary/aromatic N) is 3. The van der Waals surface area contributed by atoms with Crippen LogP contribution in [0, 0.1) is 0 Å². The number of hydrogen-bond donors (Lipinski definition) is 1. The zero-order chi connectivity index (χ0) is 14.3. The van der Waals surface area contributed by atoms with Crippen molar-refractivity contribution in [3.05, 3.63) is 29.7 Å². The van der Waals surface area contributed by atoms with E-state index in [1.54, 1.807) is 0 Å². The smallest absolute Gasteiger partial charge is 0.326 e. The summed E-state index contributed by atoms with van der Waals surface area (Å²) < 4.78 is 39.3. The molecule has 0 aliphatic rings. The molecule has 4 nitrogen and oxygen atoms in total. The second-order valence-electron chi connectivity index (χ2n) is 5.25. The number of pyridine rings is 1. The Balaban J connectivity index is 2.35. The number of fused-ring (bicyclic) bond motifs is 1. The van der Waals surface area contributed by atoms with Gasteiger partial charge in [0.2, 0.25) is 0 Å². The van der Waals surface area contributed by atoms with Crippen LogP contribution in [0.2, 0.25) is 0 Å². The number of hydrogen-bond acceptors (Lipinski definition) is 3. The van der Waals surface area contributed by atoms with Crippen molar-refractivity contribution in [3.63, 3.8) is 0 Å². The van der Waals surface area contributed by atoms with Crippen LogP contribution in [-0.4, -0.2) is 20.1 Å². The summed E-state index contributed by atoms with van der Waals surface area (Å²) >= 11 is 0. The molecule has 2 heterocycles. The summed E-state index contributed by atoms with van der Waals surface area (Å²) in [6.45, 7) is 3.72. The lowest BCUT2D eigenvalue weighted by molar-refractivity contribution is -0.137. The van der Waals surface area contributed by atoms with Crippen LogP contribution in [0.15, 0.2) is 18.3 Å². The number of alkyl halides is 3. The summed E-state index contributed by atoms with van der Waals surface area (Å²) in [5.41, 5.74) is 5.15. The van der Waals surface area contributed by atoms with Crippen LogP contribution >= 0.6 is 0 Å².